The molecule has 6 rings (SSSR count). The van der Waals surface area contributed by atoms with Crippen LogP contribution in [0.15, 0.2) is 67.1 Å². The van der Waals surface area contributed by atoms with E-state index in [4.69, 9.17) is 4.98 Å². The summed E-state index contributed by atoms with van der Waals surface area (Å²) < 4.78 is 16.2. The summed E-state index contributed by atoms with van der Waals surface area (Å²) in [7, 11) is 0. The van der Waals surface area contributed by atoms with Crippen molar-refractivity contribution in [1.82, 2.24) is 29.3 Å². The zero-order valence-electron chi connectivity index (χ0n) is 20.8. The van der Waals surface area contributed by atoms with Crippen LogP contribution in [0, 0.1) is 11.7 Å². The minimum Gasteiger partial charge on any atom is -0.342 e. The van der Waals surface area contributed by atoms with Crippen molar-refractivity contribution in [3.63, 3.8) is 0 Å². The highest BCUT2D eigenvalue weighted by Gasteiger charge is 2.32. The quantitative estimate of drug-likeness (QED) is 0.399. The number of aromatic nitrogens is 4. The van der Waals surface area contributed by atoms with E-state index in [2.05, 4.69) is 30.4 Å². The summed E-state index contributed by atoms with van der Waals surface area (Å²) in [4.78, 5) is 31.3. The monoisotopic (exact) mass is 498 g/mol. The number of carbonyl (C=O) groups excluding carboxylic acids is 1. The summed E-state index contributed by atoms with van der Waals surface area (Å²) in [6.45, 7) is 4.21. The predicted octanol–water partition coefficient (Wildman–Crippen LogP) is 4.71. The van der Waals surface area contributed by atoms with E-state index < -0.39 is 0 Å². The molecule has 0 unspecified atom stereocenters. The smallest absolute Gasteiger partial charge is 0.225 e. The fraction of sp³-hybridized carbons (Fsp3) is 0.379. The third kappa shape index (κ3) is 4.98. The summed E-state index contributed by atoms with van der Waals surface area (Å²) >= 11 is 0. The minimum atomic E-state index is -0.295. The molecule has 190 valence electrons. The van der Waals surface area contributed by atoms with Crippen LogP contribution >= 0.6 is 0 Å². The molecule has 37 heavy (non-hydrogen) atoms. The Balaban J connectivity index is 1.12. The summed E-state index contributed by atoms with van der Waals surface area (Å²) in [6.07, 6.45) is 8.96. The topological polar surface area (TPSA) is 67.2 Å². The molecule has 1 amide bonds. The van der Waals surface area contributed by atoms with Gasteiger partial charge < -0.3 is 9.47 Å². The zero-order valence-corrected chi connectivity index (χ0v) is 20.8. The van der Waals surface area contributed by atoms with Crippen LogP contribution in [0.25, 0.3) is 22.6 Å². The Labute approximate surface area is 216 Å². The third-order valence-electron chi connectivity index (χ3n) is 7.75. The van der Waals surface area contributed by atoms with Crippen molar-refractivity contribution < 1.29 is 9.18 Å². The maximum absolute atomic E-state index is 14.0. The second kappa shape index (κ2) is 10.4. The SMILES string of the molecule is O=C(C1CCN(Cc2cccnc2)CC1)N1CCC(n2c(-c3ccccn3)nc3cc(F)ccc32)CC1. The molecule has 2 aliphatic heterocycles. The lowest BCUT2D eigenvalue weighted by atomic mass is 9.93. The van der Waals surface area contributed by atoms with Crippen LogP contribution < -0.4 is 0 Å². The lowest BCUT2D eigenvalue weighted by Gasteiger charge is -2.38. The second-order valence-corrected chi connectivity index (χ2v) is 10.1. The number of imidazole rings is 1. The van der Waals surface area contributed by atoms with Gasteiger partial charge in [0.1, 0.15) is 11.5 Å². The molecule has 1 aromatic carbocycles. The Kier molecular flexibility index (Phi) is 6.66. The fourth-order valence-electron chi connectivity index (χ4n) is 5.81. The Bertz CT molecular complexity index is 1360. The van der Waals surface area contributed by atoms with Crippen molar-refractivity contribution in [2.45, 2.75) is 38.3 Å². The van der Waals surface area contributed by atoms with Gasteiger partial charge in [-0.15, -0.1) is 0 Å². The largest absolute Gasteiger partial charge is 0.342 e. The maximum Gasteiger partial charge on any atom is 0.225 e. The van der Waals surface area contributed by atoms with Crippen LogP contribution in [-0.4, -0.2) is 61.4 Å². The first kappa shape index (κ1) is 23.7. The molecular formula is C29H31FN6O. The number of halogens is 1. The standard InChI is InChI=1S/C29H31FN6O/c30-23-6-7-27-26(18-23)33-28(25-5-1-2-13-32-25)36(27)24-10-16-35(17-11-24)29(37)22-8-14-34(15-9-22)20-21-4-3-12-31-19-21/h1-7,12-13,18-19,22,24H,8-11,14-17,20H2. The Hall–Kier alpha value is -3.65. The van der Waals surface area contributed by atoms with E-state index in [1.54, 1.807) is 18.5 Å². The highest BCUT2D eigenvalue weighted by molar-refractivity contribution is 5.81. The van der Waals surface area contributed by atoms with Crippen molar-refractivity contribution in [3.8, 4) is 11.5 Å². The lowest BCUT2D eigenvalue weighted by Crippen LogP contribution is -2.45. The van der Waals surface area contributed by atoms with Crippen LogP contribution in [0.1, 0.15) is 37.3 Å². The first-order valence-corrected chi connectivity index (χ1v) is 13.1. The van der Waals surface area contributed by atoms with Gasteiger partial charge in [-0.05, 0) is 74.7 Å². The highest BCUT2D eigenvalue weighted by atomic mass is 19.1. The first-order chi connectivity index (χ1) is 18.2. The number of piperidine rings is 2. The van der Waals surface area contributed by atoms with Gasteiger partial charge in [-0.25, -0.2) is 9.37 Å². The third-order valence-corrected chi connectivity index (χ3v) is 7.75. The summed E-state index contributed by atoms with van der Waals surface area (Å²) in [5.41, 5.74) is 3.54. The molecule has 2 fully saturated rings. The maximum atomic E-state index is 14.0. The van der Waals surface area contributed by atoms with Crippen LogP contribution in [-0.2, 0) is 11.3 Å². The normalized spacial score (nSPS) is 17.9. The number of pyridine rings is 2. The molecule has 0 aliphatic carbocycles. The number of carbonyl (C=O) groups is 1. The number of hydrogen-bond acceptors (Lipinski definition) is 5. The number of hydrogen-bond donors (Lipinski definition) is 0. The molecule has 0 saturated carbocycles. The second-order valence-electron chi connectivity index (χ2n) is 10.1. The number of benzene rings is 1. The van der Waals surface area contributed by atoms with E-state index in [0.29, 0.717) is 11.4 Å². The van der Waals surface area contributed by atoms with E-state index in [1.807, 2.05) is 30.5 Å². The van der Waals surface area contributed by atoms with Gasteiger partial charge in [-0.3, -0.25) is 19.7 Å². The van der Waals surface area contributed by atoms with Gasteiger partial charge in [-0.1, -0.05) is 12.1 Å². The molecule has 2 aliphatic rings. The molecule has 0 bridgehead atoms. The minimum absolute atomic E-state index is 0.0998. The first-order valence-electron chi connectivity index (χ1n) is 13.1. The molecule has 3 aromatic heterocycles. The van der Waals surface area contributed by atoms with E-state index in [-0.39, 0.29) is 17.8 Å². The Morgan fingerprint density at radius 2 is 1.78 bits per heavy atom. The molecule has 0 spiro atoms. The van der Waals surface area contributed by atoms with E-state index in [1.165, 1.54) is 17.7 Å². The van der Waals surface area contributed by atoms with Crippen LogP contribution in [0.4, 0.5) is 4.39 Å². The van der Waals surface area contributed by atoms with Crippen molar-refractivity contribution in [2.24, 2.45) is 5.92 Å². The van der Waals surface area contributed by atoms with Crippen LogP contribution in [0.2, 0.25) is 0 Å². The number of likely N-dealkylation sites (tertiary alicyclic amines) is 2. The van der Waals surface area contributed by atoms with Gasteiger partial charge in [0.25, 0.3) is 0 Å². The molecule has 0 N–H and O–H groups in total. The molecule has 4 aromatic rings. The van der Waals surface area contributed by atoms with Gasteiger partial charge in [0, 0.05) is 56.3 Å². The Morgan fingerprint density at radius 3 is 2.51 bits per heavy atom. The molecule has 0 radical (unpaired) electrons. The van der Waals surface area contributed by atoms with Crippen molar-refractivity contribution in [2.75, 3.05) is 26.2 Å². The molecule has 7 nitrogen and oxygen atoms in total. The molecule has 0 atom stereocenters. The summed E-state index contributed by atoms with van der Waals surface area (Å²) in [5, 5.41) is 0. The van der Waals surface area contributed by atoms with Crippen molar-refractivity contribution in [1.29, 1.82) is 0 Å². The van der Waals surface area contributed by atoms with Gasteiger partial charge >= 0.3 is 0 Å². The molecule has 2 saturated heterocycles. The molecule has 8 heteroatoms. The van der Waals surface area contributed by atoms with Gasteiger partial charge in [0.15, 0.2) is 5.82 Å². The highest BCUT2D eigenvalue weighted by Crippen LogP contribution is 2.34. The predicted molar refractivity (Wildman–Crippen MR) is 140 cm³/mol. The van der Waals surface area contributed by atoms with Gasteiger partial charge in [-0.2, -0.15) is 0 Å². The number of rotatable bonds is 5. The zero-order chi connectivity index (χ0) is 25.2. The van der Waals surface area contributed by atoms with Crippen molar-refractivity contribution in [3.05, 3.63) is 78.5 Å². The summed E-state index contributed by atoms with van der Waals surface area (Å²) in [5.74, 6) is 0.855. The number of fused-ring (bicyclic) bond motifs is 1. The summed E-state index contributed by atoms with van der Waals surface area (Å²) in [6, 6.07) is 14.8. The van der Waals surface area contributed by atoms with E-state index >= 15 is 0 Å². The van der Waals surface area contributed by atoms with Crippen LogP contribution in [0.3, 0.4) is 0 Å². The lowest BCUT2D eigenvalue weighted by molar-refractivity contribution is -0.138. The average molecular weight is 499 g/mol. The Morgan fingerprint density at radius 1 is 0.946 bits per heavy atom. The number of nitrogens with zero attached hydrogens (tertiary/aromatic N) is 6. The van der Waals surface area contributed by atoms with Crippen LogP contribution in [0.5, 0.6) is 0 Å². The van der Waals surface area contributed by atoms with Crippen molar-refractivity contribution >= 4 is 16.9 Å². The van der Waals surface area contributed by atoms with E-state index in [9.17, 15) is 9.18 Å². The molecular weight excluding hydrogens is 467 g/mol. The fourth-order valence-corrected chi connectivity index (χ4v) is 5.81. The van der Waals surface area contributed by atoms with Gasteiger partial charge in [0.2, 0.25) is 5.91 Å². The van der Waals surface area contributed by atoms with Gasteiger partial charge in [0.05, 0.1) is 11.0 Å². The molecule has 5 heterocycles. The van der Waals surface area contributed by atoms with E-state index in [0.717, 1.165) is 75.4 Å². The number of amides is 1. The average Bonchev–Trinajstić information content (AvgIpc) is 3.33.